The molecule has 2 atom stereocenters. The predicted molar refractivity (Wildman–Crippen MR) is 133 cm³/mol. The van der Waals surface area contributed by atoms with Gasteiger partial charge in [0, 0.05) is 35.4 Å². The number of hydrogen-bond donors (Lipinski definition) is 2. The molecule has 1 heterocycles. The molecule has 2 aliphatic carbocycles. The molecule has 2 N–H and O–H groups in total. The van der Waals surface area contributed by atoms with Crippen molar-refractivity contribution in [1.82, 2.24) is 5.32 Å². The van der Waals surface area contributed by atoms with Crippen LogP contribution in [0.1, 0.15) is 67.3 Å². The highest BCUT2D eigenvalue weighted by molar-refractivity contribution is 6.02. The molecule has 2 aromatic carbocycles. The van der Waals surface area contributed by atoms with Crippen molar-refractivity contribution in [3.63, 3.8) is 0 Å². The molecular weight excluding hydrogens is 426 g/mol. The summed E-state index contributed by atoms with van der Waals surface area (Å²) in [4.78, 5) is 41.1. The molecule has 2 unspecified atom stereocenters. The van der Waals surface area contributed by atoms with E-state index in [2.05, 4.69) is 16.7 Å². The lowest BCUT2D eigenvalue weighted by Gasteiger charge is -2.32. The van der Waals surface area contributed by atoms with Gasteiger partial charge >= 0.3 is 0 Å². The number of carbonyl (C=O) groups excluding carboxylic acids is 3. The second-order valence-corrected chi connectivity index (χ2v) is 9.89. The summed E-state index contributed by atoms with van der Waals surface area (Å²) >= 11 is 0. The lowest BCUT2D eigenvalue weighted by molar-refractivity contribution is -0.132. The fourth-order valence-corrected chi connectivity index (χ4v) is 5.79. The van der Waals surface area contributed by atoms with E-state index in [-0.39, 0.29) is 35.6 Å². The number of nitrogens with zero attached hydrogens (tertiary/aromatic N) is 1. The standard InChI is InChI=1S/C28H33N3O3/c32-26(29-21-8-2-3-9-21)20-13-15-22(16-14-20)30-27(33)23-10-4-5-11-24(23)28(34)31-18-17-19-7-1-6-12-25(19)31/h1,6-7,12-16,21,23-24H,2-5,8-11,17-18H2,(H,29,32)(H,30,33). The first-order valence-corrected chi connectivity index (χ1v) is 12.7. The Balaban J connectivity index is 1.23. The van der Waals surface area contributed by atoms with Crippen molar-refractivity contribution in [1.29, 1.82) is 0 Å². The van der Waals surface area contributed by atoms with Crippen molar-refractivity contribution in [3.05, 3.63) is 59.7 Å². The Morgan fingerprint density at radius 3 is 2.24 bits per heavy atom. The first-order chi connectivity index (χ1) is 16.6. The monoisotopic (exact) mass is 459 g/mol. The van der Waals surface area contributed by atoms with Crippen LogP contribution >= 0.6 is 0 Å². The predicted octanol–water partition coefficient (Wildman–Crippen LogP) is 4.69. The van der Waals surface area contributed by atoms with Crippen LogP contribution in [0.2, 0.25) is 0 Å². The number of carbonyl (C=O) groups is 3. The van der Waals surface area contributed by atoms with E-state index in [9.17, 15) is 14.4 Å². The van der Waals surface area contributed by atoms with Gasteiger partial charge in [-0.05, 0) is 68.0 Å². The van der Waals surface area contributed by atoms with Gasteiger partial charge in [0.1, 0.15) is 0 Å². The lowest BCUT2D eigenvalue weighted by atomic mass is 9.77. The van der Waals surface area contributed by atoms with Crippen LogP contribution in [0.25, 0.3) is 0 Å². The molecule has 34 heavy (non-hydrogen) atoms. The number of para-hydroxylation sites is 1. The van der Waals surface area contributed by atoms with Crippen molar-refractivity contribution < 1.29 is 14.4 Å². The van der Waals surface area contributed by atoms with Gasteiger partial charge in [0.25, 0.3) is 5.91 Å². The van der Waals surface area contributed by atoms with Crippen LogP contribution in [0.3, 0.4) is 0 Å². The van der Waals surface area contributed by atoms with Crippen LogP contribution in [-0.2, 0) is 16.0 Å². The molecule has 1 aliphatic heterocycles. The Morgan fingerprint density at radius 1 is 0.794 bits per heavy atom. The smallest absolute Gasteiger partial charge is 0.251 e. The fraction of sp³-hybridized carbons (Fsp3) is 0.464. The third kappa shape index (κ3) is 4.72. The van der Waals surface area contributed by atoms with E-state index >= 15 is 0 Å². The number of anilines is 2. The van der Waals surface area contributed by atoms with E-state index < -0.39 is 0 Å². The van der Waals surface area contributed by atoms with Crippen molar-refractivity contribution in [2.45, 2.75) is 63.8 Å². The highest BCUT2D eigenvalue weighted by atomic mass is 16.2. The van der Waals surface area contributed by atoms with Gasteiger partial charge in [-0.15, -0.1) is 0 Å². The average molecular weight is 460 g/mol. The van der Waals surface area contributed by atoms with E-state index in [1.807, 2.05) is 23.1 Å². The molecule has 2 fully saturated rings. The third-order valence-corrected chi connectivity index (χ3v) is 7.68. The van der Waals surface area contributed by atoms with Crippen LogP contribution in [0.15, 0.2) is 48.5 Å². The Kier molecular flexibility index (Phi) is 6.66. The molecule has 5 rings (SSSR count). The third-order valence-electron chi connectivity index (χ3n) is 7.68. The summed E-state index contributed by atoms with van der Waals surface area (Å²) in [5.41, 5.74) is 3.45. The maximum Gasteiger partial charge on any atom is 0.251 e. The van der Waals surface area contributed by atoms with Crippen LogP contribution in [0.4, 0.5) is 11.4 Å². The first kappa shape index (κ1) is 22.6. The molecule has 2 saturated carbocycles. The van der Waals surface area contributed by atoms with Gasteiger partial charge in [0.05, 0.1) is 5.92 Å². The maximum absolute atomic E-state index is 13.5. The molecule has 3 aliphatic rings. The molecular formula is C28H33N3O3. The first-order valence-electron chi connectivity index (χ1n) is 12.7. The van der Waals surface area contributed by atoms with E-state index in [1.165, 1.54) is 18.4 Å². The minimum absolute atomic E-state index is 0.0615. The highest BCUT2D eigenvalue weighted by Crippen LogP contribution is 2.36. The average Bonchev–Trinajstić information content (AvgIpc) is 3.54. The molecule has 0 spiro atoms. The molecule has 6 heteroatoms. The number of fused-ring (bicyclic) bond motifs is 1. The van der Waals surface area contributed by atoms with Crippen molar-refractivity contribution in [2.75, 3.05) is 16.8 Å². The molecule has 178 valence electrons. The van der Waals surface area contributed by atoms with Crippen molar-refractivity contribution >= 4 is 29.1 Å². The topological polar surface area (TPSA) is 78.5 Å². The minimum Gasteiger partial charge on any atom is -0.349 e. The molecule has 0 aromatic heterocycles. The quantitative estimate of drug-likeness (QED) is 0.681. The van der Waals surface area contributed by atoms with Crippen LogP contribution in [0, 0.1) is 11.8 Å². The van der Waals surface area contributed by atoms with Gasteiger partial charge in [-0.25, -0.2) is 0 Å². The Hall–Kier alpha value is -3.15. The van der Waals surface area contributed by atoms with Gasteiger partial charge in [0.2, 0.25) is 11.8 Å². The zero-order chi connectivity index (χ0) is 23.5. The number of nitrogens with one attached hydrogen (secondary N) is 2. The van der Waals surface area contributed by atoms with Crippen molar-refractivity contribution in [3.8, 4) is 0 Å². The zero-order valence-electron chi connectivity index (χ0n) is 19.6. The largest absolute Gasteiger partial charge is 0.349 e. The van der Waals surface area contributed by atoms with Gasteiger partial charge in [-0.2, -0.15) is 0 Å². The summed E-state index contributed by atoms with van der Waals surface area (Å²) in [5, 5.41) is 6.09. The summed E-state index contributed by atoms with van der Waals surface area (Å²) in [5.74, 6) is -0.721. The van der Waals surface area contributed by atoms with E-state index in [0.29, 0.717) is 17.8 Å². The molecule has 0 saturated heterocycles. The van der Waals surface area contributed by atoms with Gasteiger partial charge in [-0.1, -0.05) is 43.9 Å². The number of rotatable bonds is 5. The molecule has 0 radical (unpaired) electrons. The molecule has 0 bridgehead atoms. The molecule has 2 aromatic rings. The Labute approximate surface area is 201 Å². The lowest BCUT2D eigenvalue weighted by Crippen LogP contribution is -2.43. The van der Waals surface area contributed by atoms with E-state index in [1.54, 1.807) is 24.3 Å². The zero-order valence-corrected chi connectivity index (χ0v) is 19.6. The van der Waals surface area contributed by atoms with Crippen LogP contribution in [0.5, 0.6) is 0 Å². The summed E-state index contributed by atoms with van der Waals surface area (Å²) in [7, 11) is 0. The molecule has 3 amide bonds. The summed E-state index contributed by atoms with van der Waals surface area (Å²) in [6.45, 7) is 0.688. The summed E-state index contributed by atoms with van der Waals surface area (Å²) in [6, 6.07) is 15.4. The SMILES string of the molecule is O=C(NC1CCCC1)c1ccc(NC(=O)C2CCCCC2C(=O)N2CCc3ccccc32)cc1. The van der Waals surface area contributed by atoms with E-state index in [4.69, 9.17) is 0 Å². The molecule has 6 nitrogen and oxygen atoms in total. The van der Waals surface area contributed by atoms with Gasteiger partial charge in [-0.3, -0.25) is 14.4 Å². The van der Waals surface area contributed by atoms with Gasteiger partial charge in [0.15, 0.2) is 0 Å². The Bertz CT molecular complexity index is 1060. The highest BCUT2D eigenvalue weighted by Gasteiger charge is 2.39. The van der Waals surface area contributed by atoms with Crippen LogP contribution < -0.4 is 15.5 Å². The second kappa shape index (κ2) is 10.00. The number of hydrogen-bond acceptors (Lipinski definition) is 3. The summed E-state index contributed by atoms with van der Waals surface area (Å²) in [6.07, 6.45) is 8.70. The summed E-state index contributed by atoms with van der Waals surface area (Å²) < 4.78 is 0. The maximum atomic E-state index is 13.5. The number of amides is 3. The normalized spacial score (nSPS) is 22.3. The number of benzene rings is 2. The van der Waals surface area contributed by atoms with Crippen molar-refractivity contribution in [2.24, 2.45) is 11.8 Å². The van der Waals surface area contributed by atoms with E-state index in [0.717, 1.165) is 50.6 Å². The minimum atomic E-state index is -0.334. The van der Waals surface area contributed by atoms with Crippen LogP contribution in [-0.4, -0.2) is 30.3 Å². The Morgan fingerprint density at radius 2 is 1.47 bits per heavy atom. The fourth-order valence-electron chi connectivity index (χ4n) is 5.79. The second-order valence-electron chi connectivity index (χ2n) is 9.89. The van der Waals surface area contributed by atoms with Gasteiger partial charge < -0.3 is 15.5 Å².